The van der Waals surface area contributed by atoms with Gasteiger partial charge < -0.3 is 18.5 Å². The highest BCUT2D eigenvalue weighted by molar-refractivity contribution is 7.92. The Balaban J connectivity index is 2.17. The first-order valence-electron chi connectivity index (χ1n) is 9.92. The van der Waals surface area contributed by atoms with Crippen molar-refractivity contribution in [3.8, 4) is 22.3 Å². The molecule has 8 nitrogen and oxygen atoms in total. The molecule has 0 aromatic heterocycles. The number of nitrogens with one attached hydrogen (secondary N) is 1. The van der Waals surface area contributed by atoms with Crippen molar-refractivity contribution in [3.05, 3.63) is 72.3 Å². The summed E-state index contributed by atoms with van der Waals surface area (Å²) in [5.41, 5.74) is 10.2. The molecule has 174 valence electrons. The van der Waals surface area contributed by atoms with E-state index in [1.807, 2.05) is 48.5 Å². The molecule has 33 heavy (non-hydrogen) atoms. The third-order valence-electron chi connectivity index (χ3n) is 4.71. The number of benzene rings is 3. The lowest BCUT2D eigenvalue weighted by atomic mass is 9.92. The third-order valence-corrected chi connectivity index (χ3v) is 5.96. The van der Waals surface area contributed by atoms with Gasteiger partial charge in [-0.2, -0.15) is 0 Å². The first kappa shape index (κ1) is 24.4. The van der Waals surface area contributed by atoms with Crippen molar-refractivity contribution >= 4 is 38.2 Å². The van der Waals surface area contributed by atoms with Crippen molar-refractivity contribution in [2.24, 2.45) is 10.1 Å². The molecule has 0 heterocycles. The highest BCUT2D eigenvalue weighted by atomic mass is 32.2. The van der Waals surface area contributed by atoms with Crippen molar-refractivity contribution < 1.29 is 21.6 Å². The summed E-state index contributed by atoms with van der Waals surface area (Å²) >= 11 is 0. The van der Waals surface area contributed by atoms with E-state index in [1.165, 1.54) is 13.2 Å². The Bertz CT molecular complexity index is 1350. The number of primary amides is 1. The first-order valence-corrected chi connectivity index (χ1v) is 12.8. The topological polar surface area (TPSA) is 128 Å². The van der Waals surface area contributed by atoms with Crippen LogP contribution < -0.4 is 10.5 Å². The van der Waals surface area contributed by atoms with Crippen LogP contribution in [0.4, 0.5) is 11.4 Å². The fourth-order valence-corrected chi connectivity index (χ4v) is 4.26. The molecule has 0 aliphatic rings. The van der Waals surface area contributed by atoms with Crippen LogP contribution in [-0.2, 0) is 40.5 Å². The molecule has 0 saturated carbocycles. The number of hydrogen-bond donors (Lipinski definition) is 2. The van der Waals surface area contributed by atoms with Gasteiger partial charge in [0.05, 0.1) is 11.9 Å². The van der Waals surface area contributed by atoms with E-state index in [0.717, 1.165) is 28.5 Å². The Morgan fingerprint density at radius 1 is 1.03 bits per heavy atom. The fraction of sp³-hybridized carbons (Fsp3) is 0.174. The Morgan fingerprint density at radius 3 is 2.39 bits per heavy atom. The molecule has 0 fully saturated rings. The van der Waals surface area contributed by atoms with E-state index >= 15 is 0 Å². The first-order chi connectivity index (χ1) is 15.6. The molecular formula is C23H24N3O5S2-. The molecule has 0 spiro atoms. The fourth-order valence-electron chi connectivity index (χ4n) is 3.37. The van der Waals surface area contributed by atoms with Gasteiger partial charge in [-0.3, -0.25) is 9.52 Å². The minimum absolute atomic E-state index is 0.150. The maximum atomic E-state index is 11.8. The van der Waals surface area contributed by atoms with E-state index in [0.29, 0.717) is 12.0 Å². The highest BCUT2D eigenvalue weighted by Gasteiger charge is 2.12. The van der Waals surface area contributed by atoms with Crippen molar-refractivity contribution in [3.63, 3.8) is 0 Å². The number of carbonyl (C=O) groups excluding carboxylic acids is 1. The Morgan fingerprint density at radius 2 is 1.76 bits per heavy atom. The van der Waals surface area contributed by atoms with Crippen molar-refractivity contribution in [1.29, 1.82) is 0 Å². The van der Waals surface area contributed by atoms with Crippen LogP contribution in [0.25, 0.3) is 22.3 Å². The van der Waals surface area contributed by atoms with Crippen molar-refractivity contribution in [1.82, 2.24) is 0 Å². The number of hydrogen-bond acceptors (Lipinski definition) is 7. The van der Waals surface area contributed by atoms with E-state index in [1.54, 1.807) is 12.1 Å². The highest BCUT2D eigenvalue weighted by Crippen LogP contribution is 2.34. The van der Waals surface area contributed by atoms with Gasteiger partial charge in [-0.25, -0.2) is 8.42 Å². The molecule has 0 radical (unpaired) electrons. The molecule has 3 aromatic rings. The zero-order valence-corrected chi connectivity index (χ0v) is 19.8. The maximum absolute atomic E-state index is 11.8. The van der Waals surface area contributed by atoms with E-state index in [9.17, 15) is 17.4 Å². The van der Waals surface area contributed by atoms with Gasteiger partial charge >= 0.3 is 0 Å². The summed E-state index contributed by atoms with van der Waals surface area (Å²) in [5.74, 6) is -0.426. The molecule has 10 heteroatoms. The number of rotatable bonds is 9. The van der Waals surface area contributed by atoms with Crippen LogP contribution in [0.5, 0.6) is 0 Å². The Hall–Kier alpha value is -3.21. The molecule has 3 N–H and O–H groups in total. The minimum Gasteiger partial charge on any atom is -0.441 e. The molecule has 3 aromatic carbocycles. The van der Waals surface area contributed by atoms with Crippen LogP contribution >= 0.6 is 0 Å². The lowest BCUT2D eigenvalue weighted by Crippen LogP contribution is -2.11. The zero-order chi connectivity index (χ0) is 24.0. The lowest BCUT2D eigenvalue weighted by Gasteiger charge is -2.15. The zero-order valence-electron chi connectivity index (χ0n) is 18.1. The Kier molecular flexibility index (Phi) is 7.85. The predicted octanol–water partition coefficient (Wildman–Crippen LogP) is 4.15. The quantitative estimate of drug-likeness (QED) is 0.439. The SMILES string of the molecule is CO[S-](=O)=Nc1cc(NS(C)(=O)=O)cc(-c2ccc(-c3ccccc3)cc2CCC(N)=O)c1. The van der Waals surface area contributed by atoms with Gasteiger partial charge in [0, 0.05) is 19.2 Å². The van der Waals surface area contributed by atoms with E-state index in [4.69, 9.17) is 9.92 Å². The van der Waals surface area contributed by atoms with Gasteiger partial charge in [0.15, 0.2) is 0 Å². The summed E-state index contributed by atoms with van der Waals surface area (Å²) in [7, 11) is -4.24. The van der Waals surface area contributed by atoms with Gasteiger partial charge in [0.1, 0.15) is 0 Å². The second kappa shape index (κ2) is 10.6. The van der Waals surface area contributed by atoms with Crippen molar-refractivity contribution in [2.75, 3.05) is 18.1 Å². The molecule has 1 amide bonds. The maximum Gasteiger partial charge on any atom is 0.229 e. The number of sulfonamides is 1. The smallest absolute Gasteiger partial charge is 0.229 e. The number of nitrogens with zero attached hydrogens (tertiary/aromatic N) is 1. The normalized spacial score (nSPS) is 12.4. The summed E-state index contributed by atoms with van der Waals surface area (Å²) in [6.07, 6.45) is 1.58. The molecule has 0 saturated heterocycles. The van der Waals surface area contributed by atoms with E-state index in [2.05, 4.69) is 9.08 Å². The van der Waals surface area contributed by atoms with Crippen LogP contribution in [0.3, 0.4) is 0 Å². The van der Waals surface area contributed by atoms with E-state index in [-0.39, 0.29) is 17.8 Å². The standard InChI is InChI=1S/C23H24N3O5S2/c1-31-32(28)25-20-13-19(14-21(15-20)26-33(2,29)30)22-10-8-17(16-6-4-3-5-7-16)12-18(22)9-11-23(24)27/h3-8,10,12-15,26H,9,11H2,1-2H3,(H2,24,27)/q-1. The van der Waals surface area contributed by atoms with E-state index < -0.39 is 26.8 Å². The molecule has 3 rings (SSSR count). The molecule has 0 atom stereocenters. The molecule has 0 aliphatic carbocycles. The largest absolute Gasteiger partial charge is 0.441 e. The van der Waals surface area contributed by atoms with Gasteiger partial charge in [0.25, 0.3) is 0 Å². The average molecular weight is 487 g/mol. The number of nitrogens with two attached hydrogens (primary N) is 1. The second-order valence-electron chi connectivity index (χ2n) is 7.32. The monoisotopic (exact) mass is 486 g/mol. The summed E-state index contributed by atoms with van der Waals surface area (Å²) in [6.45, 7) is 0. The van der Waals surface area contributed by atoms with Crippen LogP contribution in [-0.4, -0.2) is 27.7 Å². The van der Waals surface area contributed by atoms with Gasteiger partial charge in [-0.1, -0.05) is 59.4 Å². The molecular weight excluding hydrogens is 462 g/mol. The third kappa shape index (κ3) is 7.14. The van der Waals surface area contributed by atoms with Crippen LogP contribution in [0.15, 0.2) is 71.1 Å². The second-order valence-corrected chi connectivity index (χ2v) is 10.0. The molecule has 0 aliphatic heterocycles. The lowest BCUT2D eigenvalue weighted by molar-refractivity contribution is -0.117. The summed E-state index contributed by atoms with van der Waals surface area (Å²) in [4.78, 5) is 11.5. The van der Waals surface area contributed by atoms with Gasteiger partial charge in [-0.05, 0) is 52.4 Å². The predicted molar refractivity (Wildman–Crippen MR) is 130 cm³/mol. The molecule has 0 bridgehead atoms. The summed E-state index contributed by atoms with van der Waals surface area (Å²) in [5, 5.41) is 0. The van der Waals surface area contributed by atoms with Gasteiger partial charge in [-0.15, -0.1) is 0 Å². The molecule has 0 unspecified atom stereocenters. The minimum atomic E-state index is -3.56. The number of aryl methyl sites for hydroxylation is 1. The number of amides is 1. The van der Waals surface area contributed by atoms with Crippen LogP contribution in [0.1, 0.15) is 12.0 Å². The van der Waals surface area contributed by atoms with Crippen LogP contribution in [0.2, 0.25) is 0 Å². The number of anilines is 1. The Labute approximate surface area is 195 Å². The van der Waals surface area contributed by atoms with Crippen LogP contribution in [0, 0.1) is 0 Å². The average Bonchev–Trinajstić information content (AvgIpc) is 2.76. The summed E-state index contributed by atoms with van der Waals surface area (Å²) in [6, 6.07) is 20.4. The van der Waals surface area contributed by atoms with Gasteiger partial charge in [0.2, 0.25) is 15.9 Å². The van der Waals surface area contributed by atoms with Crippen molar-refractivity contribution in [2.45, 2.75) is 12.8 Å². The number of carbonyl (C=O) groups is 1. The summed E-state index contributed by atoms with van der Waals surface area (Å²) < 4.78 is 46.5.